The van der Waals surface area contributed by atoms with Gasteiger partial charge >= 0.3 is 0 Å². The average molecular weight is 260 g/mol. The van der Waals surface area contributed by atoms with Crippen LogP contribution in [0.3, 0.4) is 0 Å². The molecule has 19 heavy (non-hydrogen) atoms. The molecule has 4 bridgehead atoms. The van der Waals surface area contributed by atoms with Gasteiger partial charge in [0.05, 0.1) is 11.2 Å². The third-order valence-electron chi connectivity index (χ3n) is 5.82. The number of rotatable bonds is 2. The molecule has 0 aromatic carbocycles. The van der Waals surface area contributed by atoms with E-state index in [1.807, 2.05) is 6.92 Å². The van der Waals surface area contributed by atoms with Crippen molar-refractivity contribution in [1.29, 1.82) is 0 Å². The van der Waals surface area contributed by atoms with Crippen molar-refractivity contribution in [3.05, 3.63) is 11.4 Å². The standard InChI is InChI=1S/C15H24N4/c1-9(16)14-10(2)19(18-17-14)15-6-11-3-12(7-15)5-13(4-11)8-15/h9,11-13H,3-8,16H2,1-2H3. The van der Waals surface area contributed by atoms with Crippen molar-refractivity contribution in [2.45, 2.75) is 64.0 Å². The van der Waals surface area contributed by atoms with Crippen molar-refractivity contribution in [2.75, 3.05) is 0 Å². The molecule has 5 rings (SSSR count). The normalized spacial score (nSPS) is 41.7. The Morgan fingerprint density at radius 1 is 1.16 bits per heavy atom. The van der Waals surface area contributed by atoms with Gasteiger partial charge in [-0.2, -0.15) is 0 Å². The fourth-order valence-electron chi connectivity index (χ4n) is 5.54. The Morgan fingerprint density at radius 2 is 1.68 bits per heavy atom. The van der Waals surface area contributed by atoms with Crippen molar-refractivity contribution < 1.29 is 0 Å². The van der Waals surface area contributed by atoms with Crippen LogP contribution in [0.5, 0.6) is 0 Å². The SMILES string of the molecule is Cc1c(C(C)N)nnn1C12CC3CC(CC(C3)C1)C2. The van der Waals surface area contributed by atoms with E-state index in [0.29, 0.717) is 0 Å². The van der Waals surface area contributed by atoms with Crippen LogP contribution in [0, 0.1) is 24.7 Å². The van der Waals surface area contributed by atoms with Gasteiger partial charge < -0.3 is 5.73 Å². The first-order chi connectivity index (χ1) is 9.07. The number of hydrogen-bond donors (Lipinski definition) is 1. The average Bonchev–Trinajstić information content (AvgIpc) is 2.69. The highest BCUT2D eigenvalue weighted by Crippen LogP contribution is 2.58. The van der Waals surface area contributed by atoms with Crippen LogP contribution in [0.1, 0.15) is 62.9 Å². The molecule has 4 aliphatic carbocycles. The molecule has 4 saturated carbocycles. The molecule has 2 N–H and O–H groups in total. The van der Waals surface area contributed by atoms with Crippen molar-refractivity contribution in [3.8, 4) is 0 Å². The summed E-state index contributed by atoms with van der Waals surface area (Å²) in [4.78, 5) is 0. The zero-order chi connectivity index (χ0) is 13.2. The Morgan fingerprint density at radius 3 is 2.11 bits per heavy atom. The molecule has 1 aromatic rings. The number of hydrogen-bond acceptors (Lipinski definition) is 3. The Labute approximate surface area is 114 Å². The highest BCUT2D eigenvalue weighted by molar-refractivity contribution is 5.16. The Balaban J connectivity index is 1.75. The molecule has 0 spiro atoms. The molecular weight excluding hydrogens is 236 g/mol. The van der Waals surface area contributed by atoms with Gasteiger partial charge in [0.15, 0.2) is 0 Å². The first kappa shape index (κ1) is 11.9. The molecule has 1 heterocycles. The van der Waals surface area contributed by atoms with Crippen LogP contribution in [0.25, 0.3) is 0 Å². The highest BCUT2D eigenvalue weighted by atomic mass is 15.5. The van der Waals surface area contributed by atoms with Crippen LogP contribution in [-0.4, -0.2) is 15.0 Å². The molecule has 1 aromatic heterocycles. The van der Waals surface area contributed by atoms with Gasteiger partial charge in [-0.1, -0.05) is 5.21 Å². The summed E-state index contributed by atoms with van der Waals surface area (Å²) >= 11 is 0. The predicted molar refractivity (Wildman–Crippen MR) is 73.5 cm³/mol. The summed E-state index contributed by atoms with van der Waals surface area (Å²) in [5.41, 5.74) is 8.47. The zero-order valence-corrected chi connectivity index (χ0v) is 12.0. The Hall–Kier alpha value is -0.900. The number of nitrogens with zero attached hydrogens (tertiary/aromatic N) is 3. The van der Waals surface area contributed by atoms with E-state index in [2.05, 4.69) is 21.9 Å². The van der Waals surface area contributed by atoms with E-state index in [4.69, 9.17) is 5.73 Å². The molecular formula is C15H24N4. The molecule has 104 valence electrons. The van der Waals surface area contributed by atoms with Gasteiger partial charge in [-0.05, 0) is 70.1 Å². The van der Waals surface area contributed by atoms with Crippen LogP contribution >= 0.6 is 0 Å². The van der Waals surface area contributed by atoms with Crippen molar-refractivity contribution in [3.63, 3.8) is 0 Å². The summed E-state index contributed by atoms with van der Waals surface area (Å²) in [6, 6.07) is -0.0114. The van der Waals surface area contributed by atoms with Gasteiger partial charge in [-0.15, -0.1) is 5.10 Å². The second kappa shape index (κ2) is 3.81. The van der Waals surface area contributed by atoms with Crippen molar-refractivity contribution in [1.82, 2.24) is 15.0 Å². The van der Waals surface area contributed by atoms with Crippen molar-refractivity contribution in [2.24, 2.45) is 23.5 Å². The Bertz CT molecular complexity index is 467. The minimum atomic E-state index is -0.0114. The first-order valence-electron chi connectivity index (χ1n) is 7.76. The molecule has 1 unspecified atom stereocenters. The summed E-state index contributed by atoms with van der Waals surface area (Å²) in [5.74, 6) is 2.82. The van der Waals surface area contributed by atoms with Crippen LogP contribution in [0.2, 0.25) is 0 Å². The lowest BCUT2D eigenvalue weighted by Crippen LogP contribution is -2.52. The lowest BCUT2D eigenvalue weighted by atomic mass is 9.53. The summed E-state index contributed by atoms with van der Waals surface area (Å²) in [5, 5.41) is 8.87. The monoisotopic (exact) mass is 260 g/mol. The number of nitrogens with two attached hydrogens (primary N) is 1. The first-order valence-corrected chi connectivity index (χ1v) is 7.76. The number of aromatic nitrogens is 3. The third kappa shape index (κ3) is 1.62. The highest BCUT2D eigenvalue weighted by Gasteiger charge is 2.53. The van der Waals surface area contributed by atoms with E-state index in [-0.39, 0.29) is 11.6 Å². The summed E-state index contributed by atoms with van der Waals surface area (Å²) in [7, 11) is 0. The lowest BCUT2D eigenvalue weighted by Gasteiger charge is -2.56. The maximum Gasteiger partial charge on any atom is 0.102 e. The minimum absolute atomic E-state index is 0.0114. The van der Waals surface area contributed by atoms with Crippen molar-refractivity contribution >= 4 is 0 Å². The topological polar surface area (TPSA) is 56.7 Å². The fraction of sp³-hybridized carbons (Fsp3) is 0.867. The van der Waals surface area contributed by atoms with Gasteiger partial charge in [0.1, 0.15) is 5.69 Å². The van der Waals surface area contributed by atoms with E-state index in [1.54, 1.807) is 0 Å². The lowest BCUT2D eigenvalue weighted by molar-refractivity contribution is -0.0512. The van der Waals surface area contributed by atoms with Gasteiger partial charge in [-0.25, -0.2) is 4.68 Å². The second-order valence-electron chi connectivity index (χ2n) is 7.40. The summed E-state index contributed by atoms with van der Waals surface area (Å²) < 4.78 is 2.26. The molecule has 4 fully saturated rings. The molecule has 4 heteroatoms. The van der Waals surface area contributed by atoms with E-state index in [0.717, 1.165) is 23.4 Å². The molecule has 0 amide bonds. The molecule has 0 saturated heterocycles. The smallest absolute Gasteiger partial charge is 0.102 e. The summed E-state index contributed by atoms with van der Waals surface area (Å²) in [6.45, 7) is 4.15. The zero-order valence-electron chi connectivity index (χ0n) is 12.0. The quantitative estimate of drug-likeness (QED) is 0.889. The maximum absolute atomic E-state index is 6.00. The van der Waals surface area contributed by atoms with Crippen LogP contribution in [0.4, 0.5) is 0 Å². The van der Waals surface area contributed by atoms with Gasteiger partial charge in [0.2, 0.25) is 0 Å². The molecule has 0 aliphatic heterocycles. The maximum atomic E-state index is 6.00. The van der Waals surface area contributed by atoms with E-state index in [1.165, 1.54) is 44.2 Å². The van der Waals surface area contributed by atoms with Crippen LogP contribution in [-0.2, 0) is 5.54 Å². The van der Waals surface area contributed by atoms with Gasteiger partial charge in [-0.3, -0.25) is 0 Å². The van der Waals surface area contributed by atoms with E-state index < -0.39 is 0 Å². The fourth-order valence-corrected chi connectivity index (χ4v) is 5.54. The molecule has 1 atom stereocenters. The van der Waals surface area contributed by atoms with Crippen LogP contribution < -0.4 is 5.73 Å². The molecule has 4 nitrogen and oxygen atoms in total. The van der Waals surface area contributed by atoms with Crippen LogP contribution in [0.15, 0.2) is 0 Å². The molecule has 0 radical (unpaired) electrons. The van der Waals surface area contributed by atoms with Gasteiger partial charge in [0.25, 0.3) is 0 Å². The minimum Gasteiger partial charge on any atom is -0.323 e. The van der Waals surface area contributed by atoms with E-state index >= 15 is 0 Å². The largest absolute Gasteiger partial charge is 0.323 e. The third-order valence-corrected chi connectivity index (χ3v) is 5.82. The van der Waals surface area contributed by atoms with Gasteiger partial charge in [0, 0.05) is 6.04 Å². The second-order valence-corrected chi connectivity index (χ2v) is 7.40. The van der Waals surface area contributed by atoms with E-state index in [9.17, 15) is 0 Å². The summed E-state index contributed by atoms with van der Waals surface area (Å²) in [6.07, 6.45) is 8.36. The molecule has 4 aliphatic rings. The Kier molecular flexibility index (Phi) is 2.39. The predicted octanol–water partition coefficient (Wildman–Crippen LogP) is 2.53.